The van der Waals surface area contributed by atoms with Crippen molar-refractivity contribution in [3.8, 4) is 5.75 Å². The Morgan fingerprint density at radius 2 is 1.62 bits per heavy atom. The number of aromatic carboxylic acids is 1. The van der Waals surface area contributed by atoms with Gasteiger partial charge in [0.25, 0.3) is 0 Å². The van der Waals surface area contributed by atoms with Gasteiger partial charge in [0.15, 0.2) is 6.10 Å². The van der Waals surface area contributed by atoms with Crippen LogP contribution in [0.15, 0.2) is 33.5 Å². The van der Waals surface area contributed by atoms with Crippen molar-refractivity contribution in [2.75, 3.05) is 0 Å². The second-order valence-electron chi connectivity index (χ2n) is 5.81. The van der Waals surface area contributed by atoms with Crippen LogP contribution >= 0.6 is 0 Å². The van der Waals surface area contributed by atoms with Crippen molar-refractivity contribution in [3.63, 3.8) is 0 Å². The van der Waals surface area contributed by atoms with Crippen LogP contribution in [-0.4, -0.2) is 171 Å². The van der Waals surface area contributed by atoms with E-state index in [2.05, 4.69) is 0 Å². The van der Waals surface area contributed by atoms with Crippen molar-refractivity contribution >= 4 is 126 Å². The molecule has 2 radical (unpaired) electrons. The van der Waals surface area contributed by atoms with E-state index in [4.69, 9.17) is 24.1 Å². The summed E-state index contributed by atoms with van der Waals surface area (Å²) in [5.41, 5.74) is -1.66. The van der Waals surface area contributed by atoms with E-state index in [9.17, 15) is 29.7 Å². The SMILES string of the molecule is O=C(O)c1cc2ccc(O[C@@H]3O[C@H](C(=O)O)[C@@H](O)[C@H](O)[C@H]3O)cc2oc1=O.[K].[K]. The van der Waals surface area contributed by atoms with Crippen LogP contribution < -0.4 is 10.4 Å². The number of aliphatic hydroxyl groups excluding tert-OH is 3. The first kappa shape index (κ1) is 27.3. The summed E-state index contributed by atoms with van der Waals surface area (Å²) in [6, 6.07) is 5.01. The molecule has 2 heterocycles. The predicted octanol–water partition coefficient (Wildman–Crippen LogP) is -2.00. The minimum absolute atomic E-state index is 0. The molecular formula is C16H14K2O11. The third kappa shape index (κ3) is 5.95. The summed E-state index contributed by atoms with van der Waals surface area (Å²) in [6.45, 7) is 0. The van der Waals surface area contributed by atoms with Crippen LogP contribution in [0.4, 0.5) is 0 Å². The summed E-state index contributed by atoms with van der Waals surface area (Å²) in [6.07, 6.45) is -8.91. The Morgan fingerprint density at radius 3 is 2.21 bits per heavy atom. The number of carboxylic acid groups (broad SMARTS) is 2. The summed E-state index contributed by atoms with van der Waals surface area (Å²) in [5, 5.41) is 47.5. The quantitative estimate of drug-likeness (QED) is 0.251. The Morgan fingerprint density at radius 1 is 0.966 bits per heavy atom. The van der Waals surface area contributed by atoms with Gasteiger partial charge in [-0.15, -0.1) is 0 Å². The molecule has 0 aliphatic carbocycles. The molecule has 0 amide bonds. The molecule has 0 saturated carbocycles. The zero-order valence-electron chi connectivity index (χ0n) is 15.4. The summed E-state index contributed by atoms with van der Waals surface area (Å²) in [7, 11) is 0. The molecule has 1 fully saturated rings. The Balaban J connectivity index is 0.00000210. The molecule has 1 saturated heterocycles. The average molecular weight is 460 g/mol. The number of fused-ring (bicyclic) bond motifs is 1. The van der Waals surface area contributed by atoms with Gasteiger partial charge in [-0.25, -0.2) is 14.4 Å². The minimum atomic E-state index is -1.86. The first-order valence-corrected chi connectivity index (χ1v) is 7.59. The maximum absolute atomic E-state index is 11.6. The first-order valence-electron chi connectivity index (χ1n) is 7.59. The van der Waals surface area contributed by atoms with E-state index >= 15 is 0 Å². The Labute approximate surface area is 247 Å². The Bertz CT molecular complexity index is 960. The average Bonchev–Trinajstić information content (AvgIpc) is 2.61. The Kier molecular flexibility index (Phi) is 10.6. The summed E-state index contributed by atoms with van der Waals surface area (Å²) >= 11 is 0. The van der Waals surface area contributed by atoms with Crippen molar-refractivity contribution in [1.82, 2.24) is 0 Å². The second kappa shape index (κ2) is 11.2. The van der Waals surface area contributed by atoms with Gasteiger partial charge >= 0.3 is 17.6 Å². The summed E-state index contributed by atoms with van der Waals surface area (Å²) in [5.74, 6) is -3.03. The molecule has 2 aromatic rings. The van der Waals surface area contributed by atoms with Crippen molar-refractivity contribution < 1.29 is 49.0 Å². The smallest absolute Gasteiger partial charge is 0.351 e. The monoisotopic (exact) mass is 460 g/mol. The van der Waals surface area contributed by atoms with Crippen molar-refractivity contribution in [1.29, 1.82) is 0 Å². The van der Waals surface area contributed by atoms with Gasteiger partial charge in [0.1, 0.15) is 35.2 Å². The minimum Gasteiger partial charge on any atom is -0.479 e. The van der Waals surface area contributed by atoms with Crippen LogP contribution in [-0.2, 0) is 9.53 Å². The van der Waals surface area contributed by atoms with Crippen molar-refractivity contribution in [3.05, 3.63) is 40.2 Å². The summed E-state index contributed by atoms with van der Waals surface area (Å²) < 4.78 is 15.2. The molecule has 146 valence electrons. The van der Waals surface area contributed by atoms with Crippen LogP contribution in [0.3, 0.4) is 0 Å². The van der Waals surface area contributed by atoms with Crippen LogP contribution in [0, 0.1) is 0 Å². The number of hydrogen-bond donors (Lipinski definition) is 5. The third-order valence-corrected chi connectivity index (χ3v) is 4.00. The third-order valence-electron chi connectivity index (χ3n) is 4.00. The van der Waals surface area contributed by atoms with Gasteiger partial charge in [-0.05, 0) is 18.2 Å². The molecule has 5 atom stereocenters. The fraction of sp³-hybridized carbons (Fsp3) is 0.312. The zero-order valence-corrected chi connectivity index (χ0v) is 21.6. The molecule has 5 N–H and O–H groups in total. The van der Waals surface area contributed by atoms with Crippen LogP contribution in [0.5, 0.6) is 5.75 Å². The molecule has 0 spiro atoms. The number of ether oxygens (including phenoxy) is 2. The molecule has 1 aliphatic heterocycles. The number of carboxylic acids is 2. The van der Waals surface area contributed by atoms with E-state index in [-0.39, 0.29) is 119 Å². The molecule has 1 aromatic carbocycles. The van der Waals surface area contributed by atoms with Gasteiger partial charge in [0, 0.05) is 114 Å². The molecule has 3 rings (SSSR count). The Hall–Kier alpha value is 0.283. The van der Waals surface area contributed by atoms with E-state index in [0.717, 1.165) is 6.07 Å². The molecule has 0 unspecified atom stereocenters. The standard InChI is InChI=1S/C16H14O11.2K/c17-9-10(18)12(14(22)23)27-16(11(9)19)25-6-2-1-5-3-7(13(20)21)15(24)26-8(5)4-6;;/h1-4,9-12,16-19H,(H,20,21)(H,22,23);;/t9-,10-,11+,12-,16+;;/m0../s1. The van der Waals surface area contributed by atoms with Crippen molar-refractivity contribution in [2.45, 2.75) is 30.7 Å². The molecule has 0 bridgehead atoms. The van der Waals surface area contributed by atoms with E-state index in [0.29, 0.717) is 0 Å². The largest absolute Gasteiger partial charge is 0.479 e. The van der Waals surface area contributed by atoms with Gasteiger partial charge in [-0.2, -0.15) is 0 Å². The molecule has 1 aromatic heterocycles. The maximum atomic E-state index is 11.6. The van der Waals surface area contributed by atoms with Crippen LogP contribution in [0.1, 0.15) is 10.4 Å². The first-order chi connectivity index (χ1) is 12.7. The van der Waals surface area contributed by atoms with Crippen molar-refractivity contribution in [2.24, 2.45) is 0 Å². The fourth-order valence-electron chi connectivity index (χ4n) is 2.60. The summed E-state index contributed by atoms with van der Waals surface area (Å²) in [4.78, 5) is 33.7. The predicted molar refractivity (Wildman–Crippen MR) is 95.9 cm³/mol. The van der Waals surface area contributed by atoms with E-state index in [1.807, 2.05) is 0 Å². The van der Waals surface area contributed by atoms with E-state index in [1.165, 1.54) is 18.2 Å². The molecule has 13 heteroatoms. The van der Waals surface area contributed by atoms with Gasteiger partial charge in [-0.3, -0.25) is 0 Å². The topological polar surface area (TPSA) is 184 Å². The van der Waals surface area contributed by atoms with Gasteiger partial charge < -0.3 is 39.4 Å². The molecular weight excluding hydrogens is 446 g/mol. The normalized spacial score (nSPS) is 26.1. The molecule has 1 aliphatic rings. The number of rotatable bonds is 4. The van der Waals surface area contributed by atoms with Crippen LogP contribution in [0.2, 0.25) is 0 Å². The van der Waals surface area contributed by atoms with Gasteiger partial charge in [-0.1, -0.05) is 0 Å². The second-order valence-corrected chi connectivity index (χ2v) is 5.81. The number of carbonyl (C=O) groups is 2. The zero-order chi connectivity index (χ0) is 19.9. The maximum Gasteiger partial charge on any atom is 0.351 e. The molecule has 29 heavy (non-hydrogen) atoms. The van der Waals surface area contributed by atoms with E-state index in [1.54, 1.807) is 0 Å². The van der Waals surface area contributed by atoms with Gasteiger partial charge in [0.2, 0.25) is 6.29 Å². The van der Waals surface area contributed by atoms with E-state index < -0.39 is 53.8 Å². The number of aliphatic carboxylic acids is 1. The number of benzene rings is 1. The number of aliphatic hydroxyl groups is 3. The fourth-order valence-corrected chi connectivity index (χ4v) is 2.60. The van der Waals surface area contributed by atoms with Gasteiger partial charge in [0.05, 0.1) is 0 Å². The molecule has 11 nitrogen and oxygen atoms in total. The number of hydrogen-bond acceptors (Lipinski definition) is 9. The van der Waals surface area contributed by atoms with Crippen LogP contribution in [0.25, 0.3) is 11.0 Å².